The Morgan fingerprint density at radius 1 is 1.04 bits per heavy atom. The molecule has 5 nitrogen and oxygen atoms in total. The molecule has 2 fully saturated rings. The van der Waals surface area contributed by atoms with E-state index < -0.39 is 6.10 Å². The van der Waals surface area contributed by atoms with Crippen LogP contribution in [0.1, 0.15) is 30.0 Å². The van der Waals surface area contributed by atoms with E-state index in [1.165, 1.54) is 5.56 Å². The van der Waals surface area contributed by atoms with Crippen molar-refractivity contribution in [2.75, 3.05) is 13.2 Å². The highest BCUT2D eigenvalue weighted by atomic mass is 16.5. The molecule has 1 N–H and O–H groups in total. The van der Waals surface area contributed by atoms with Crippen molar-refractivity contribution in [3.63, 3.8) is 0 Å². The van der Waals surface area contributed by atoms with Gasteiger partial charge in [0.25, 0.3) is 5.91 Å². The molecule has 0 radical (unpaired) electrons. The zero-order valence-electron chi connectivity index (χ0n) is 15.2. The summed E-state index contributed by atoms with van der Waals surface area (Å²) in [5.74, 6) is -0.183. The smallest absolute Gasteiger partial charge is 0.251 e. The first-order valence-corrected chi connectivity index (χ1v) is 9.53. The molecule has 0 spiro atoms. The fourth-order valence-electron chi connectivity index (χ4n) is 3.69. The summed E-state index contributed by atoms with van der Waals surface area (Å²) in [5, 5.41) is 2.99. The second-order valence-electron chi connectivity index (χ2n) is 7.15. The fraction of sp³-hybridized carbons (Fsp3) is 0.364. The zero-order valence-corrected chi connectivity index (χ0v) is 15.2. The lowest BCUT2D eigenvalue weighted by Gasteiger charge is -2.40. The summed E-state index contributed by atoms with van der Waals surface area (Å²) in [6.45, 7) is 0.512. The maximum atomic E-state index is 12.9. The minimum absolute atomic E-state index is 0.0281. The molecule has 2 aromatic carbocycles. The van der Waals surface area contributed by atoms with E-state index in [2.05, 4.69) is 5.32 Å². The molecule has 0 aromatic heterocycles. The lowest BCUT2D eigenvalue weighted by molar-refractivity contribution is -0.165. The van der Waals surface area contributed by atoms with Gasteiger partial charge in [0, 0.05) is 12.6 Å². The van der Waals surface area contributed by atoms with Gasteiger partial charge < -0.3 is 15.0 Å². The summed E-state index contributed by atoms with van der Waals surface area (Å²) >= 11 is 0. The Balaban J connectivity index is 1.48. The number of hydrogen-bond acceptors (Lipinski definition) is 3. The number of morpholine rings is 1. The Morgan fingerprint density at radius 2 is 1.70 bits per heavy atom. The van der Waals surface area contributed by atoms with Gasteiger partial charge in [-0.1, -0.05) is 60.7 Å². The number of nitrogens with zero attached hydrogens (tertiary/aromatic N) is 1. The maximum absolute atomic E-state index is 12.9. The molecule has 2 aromatic rings. The first-order valence-electron chi connectivity index (χ1n) is 9.53. The number of hydrogen-bond donors (Lipinski definition) is 1. The van der Waals surface area contributed by atoms with Crippen LogP contribution >= 0.6 is 0 Å². The van der Waals surface area contributed by atoms with Gasteiger partial charge >= 0.3 is 0 Å². The minimum atomic E-state index is -0.679. The Morgan fingerprint density at radius 3 is 2.37 bits per heavy atom. The number of carbonyl (C=O) groups is 2. The van der Waals surface area contributed by atoms with E-state index in [1.807, 2.05) is 65.6 Å². The molecule has 5 heteroatoms. The maximum Gasteiger partial charge on any atom is 0.251 e. The van der Waals surface area contributed by atoms with Crippen LogP contribution in [-0.4, -0.2) is 42.0 Å². The average Bonchev–Trinajstić information content (AvgIpc) is 3.54. The molecule has 1 saturated carbocycles. The molecule has 2 amide bonds. The number of amides is 2. The third-order valence-corrected chi connectivity index (χ3v) is 5.16. The molecule has 0 unspecified atom stereocenters. The van der Waals surface area contributed by atoms with Gasteiger partial charge in [-0.15, -0.1) is 0 Å². The summed E-state index contributed by atoms with van der Waals surface area (Å²) in [6, 6.07) is 19.7. The predicted octanol–water partition coefficient (Wildman–Crippen LogP) is 2.48. The van der Waals surface area contributed by atoms with Gasteiger partial charge in [0.05, 0.1) is 6.04 Å². The van der Waals surface area contributed by atoms with Crippen molar-refractivity contribution in [2.24, 2.45) is 0 Å². The molecule has 27 heavy (non-hydrogen) atoms. The van der Waals surface area contributed by atoms with E-state index >= 15 is 0 Å². The van der Waals surface area contributed by atoms with Crippen molar-refractivity contribution in [1.29, 1.82) is 0 Å². The van der Waals surface area contributed by atoms with Crippen LogP contribution in [0.4, 0.5) is 0 Å². The Labute approximate surface area is 159 Å². The minimum Gasteiger partial charge on any atom is -0.356 e. The molecule has 2 atom stereocenters. The van der Waals surface area contributed by atoms with E-state index in [9.17, 15) is 9.59 Å². The van der Waals surface area contributed by atoms with Crippen molar-refractivity contribution >= 4 is 11.8 Å². The average molecular weight is 364 g/mol. The number of rotatable bonds is 6. The highest BCUT2D eigenvalue weighted by molar-refractivity contribution is 5.86. The Hall–Kier alpha value is -2.66. The molecule has 0 bridgehead atoms. The number of ether oxygens (including phenoxy) is 1. The van der Waals surface area contributed by atoms with Crippen molar-refractivity contribution in [3.05, 3.63) is 71.8 Å². The van der Waals surface area contributed by atoms with E-state index in [0.29, 0.717) is 6.54 Å². The van der Waals surface area contributed by atoms with Crippen LogP contribution < -0.4 is 5.32 Å². The van der Waals surface area contributed by atoms with Crippen LogP contribution in [-0.2, 0) is 20.7 Å². The summed E-state index contributed by atoms with van der Waals surface area (Å²) in [4.78, 5) is 27.3. The van der Waals surface area contributed by atoms with Crippen molar-refractivity contribution < 1.29 is 14.3 Å². The van der Waals surface area contributed by atoms with E-state index in [0.717, 1.165) is 24.8 Å². The summed E-state index contributed by atoms with van der Waals surface area (Å²) in [6.07, 6.45) is 2.08. The second kappa shape index (κ2) is 7.92. The summed E-state index contributed by atoms with van der Waals surface area (Å²) in [7, 11) is 0. The predicted molar refractivity (Wildman–Crippen MR) is 102 cm³/mol. The topological polar surface area (TPSA) is 58.6 Å². The number of benzene rings is 2. The van der Waals surface area contributed by atoms with Crippen LogP contribution in [0.15, 0.2) is 60.7 Å². The SMILES string of the molecule is O=C(NCCc1ccccc1)[C@@H]1OCC(=O)N(C2CC2)[C@H]1c1ccccc1. The monoisotopic (exact) mass is 364 g/mol. The molecule has 1 heterocycles. The van der Waals surface area contributed by atoms with Crippen molar-refractivity contribution in [1.82, 2.24) is 10.2 Å². The third-order valence-electron chi connectivity index (χ3n) is 5.16. The van der Waals surface area contributed by atoms with Crippen molar-refractivity contribution in [3.8, 4) is 0 Å². The zero-order chi connectivity index (χ0) is 18.6. The molecule has 1 saturated heterocycles. The summed E-state index contributed by atoms with van der Waals surface area (Å²) in [5.41, 5.74) is 2.12. The van der Waals surface area contributed by atoms with Crippen LogP contribution in [0.25, 0.3) is 0 Å². The molecule has 2 aliphatic rings. The Bertz CT molecular complexity index is 790. The van der Waals surface area contributed by atoms with Crippen LogP contribution in [0, 0.1) is 0 Å². The van der Waals surface area contributed by atoms with Crippen LogP contribution in [0.5, 0.6) is 0 Å². The van der Waals surface area contributed by atoms with Crippen LogP contribution in [0.3, 0.4) is 0 Å². The van der Waals surface area contributed by atoms with Gasteiger partial charge in [0.15, 0.2) is 6.10 Å². The number of carbonyl (C=O) groups excluding carboxylic acids is 2. The lowest BCUT2D eigenvalue weighted by Crippen LogP contribution is -2.55. The molecular weight excluding hydrogens is 340 g/mol. The first kappa shape index (κ1) is 17.7. The van der Waals surface area contributed by atoms with E-state index in [1.54, 1.807) is 0 Å². The van der Waals surface area contributed by atoms with Gasteiger partial charge in [-0.25, -0.2) is 0 Å². The van der Waals surface area contributed by atoms with Crippen molar-refractivity contribution in [2.45, 2.75) is 37.5 Å². The molecule has 1 aliphatic carbocycles. The highest BCUT2D eigenvalue weighted by Crippen LogP contribution is 2.39. The highest BCUT2D eigenvalue weighted by Gasteiger charge is 2.47. The molecular formula is C22H24N2O3. The quantitative estimate of drug-likeness (QED) is 0.857. The van der Waals surface area contributed by atoms with Gasteiger partial charge in [-0.3, -0.25) is 9.59 Å². The summed E-state index contributed by atoms with van der Waals surface area (Å²) < 4.78 is 5.73. The van der Waals surface area contributed by atoms with Gasteiger partial charge in [-0.2, -0.15) is 0 Å². The van der Waals surface area contributed by atoms with Gasteiger partial charge in [0.1, 0.15) is 6.61 Å². The first-order chi connectivity index (χ1) is 13.2. The molecule has 1 aliphatic heterocycles. The van der Waals surface area contributed by atoms with Gasteiger partial charge in [0.2, 0.25) is 5.91 Å². The molecule has 140 valence electrons. The van der Waals surface area contributed by atoms with Crippen LogP contribution in [0.2, 0.25) is 0 Å². The third kappa shape index (κ3) is 4.03. The standard InChI is InChI=1S/C22H24N2O3/c25-19-15-27-21(22(26)23-14-13-16-7-3-1-4-8-16)20(24(19)18-11-12-18)17-9-5-2-6-10-17/h1-10,18,20-21H,11-15H2,(H,23,26)/t20-,21+/m0/s1. The van der Waals surface area contributed by atoms with E-state index in [-0.39, 0.29) is 30.5 Å². The van der Waals surface area contributed by atoms with E-state index in [4.69, 9.17) is 4.74 Å². The Kier molecular flexibility index (Phi) is 5.21. The normalized spacial score (nSPS) is 22.5. The van der Waals surface area contributed by atoms with Gasteiger partial charge in [-0.05, 0) is 30.4 Å². The number of nitrogens with one attached hydrogen (secondary N) is 1. The lowest BCUT2D eigenvalue weighted by atomic mass is 9.96. The second-order valence-corrected chi connectivity index (χ2v) is 7.15. The largest absolute Gasteiger partial charge is 0.356 e. The fourth-order valence-corrected chi connectivity index (χ4v) is 3.69. The molecule has 4 rings (SSSR count).